The van der Waals surface area contributed by atoms with Gasteiger partial charge >= 0.3 is 0 Å². The van der Waals surface area contributed by atoms with Crippen LogP contribution in [0.15, 0.2) is 194 Å². The zero-order valence-corrected chi connectivity index (χ0v) is 30.3. The fraction of sp³-hybridized carbons (Fsp3) is 0. The van der Waals surface area contributed by atoms with Crippen molar-refractivity contribution < 1.29 is 0 Å². The summed E-state index contributed by atoms with van der Waals surface area (Å²) in [5, 5.41) is 10.7. The summed E-state index contributed by atoms with van der Waals surface area (Å²) < 4.78 is 4.70. The predicted molar refractivity (Wildman–Crippen MR) is 234 cm³/mol. The van der Waals surface area contributed by atoms with Crippen LogP contribution in [0.4, 0.5) is 0 Å². The second kappa shape index (κ2) is 12.0. The van der Waals surface area contributed by atoms with Crippen LogP contribution in [-0.4, -0.2) is 19.1 Å². The molecule has 0 amide bonds. The maximum Gasteiger partial charge on any atom is 0.235 e. The molecule has 0 N–H and O–H groups in total. The number of aromatic nitrogens is 4. The molecule has 0 saturated heterocycles. The summed E-state index contributed by atoms with van der Waals surface area (Å²) in [4.78, 5) is 10.6. The summed E-state index contributed by atoms with van der Waals surface area (Å²) in [6, 6.07) is 69.7. The highest BCUT2D eigenvalue weighted by Crippen LogP contribution is 2.43. The van der Waals surface area contributed by atoms with Crippen molar-refractivity contribution in [2.45, 2.75) is 0 Å². The Balaban J connectivity index is 1.14. The lowest BCUT2D eigenvalue weighted by molar-refractivity contribution is 1.01. The third-order valence-corrected chi connectivity index (χ3v) is 11.5. The van der Waals surface area contributed by atoms with Crippen molar-refractivity contribution in [3.05, 3.63) is 194 Å². The highest BCUT2D eigenvalue weighted by Gasteiger charge is 2.21. The van der Waals surface area contributed by atoms with Gasteiger partial charge < -0.3 is 4.57 Å². The summed E-state index contributed by atoms with van der Waals surface area (Å²) in [7, 11) is 0. The van der Waals surface area contributed by atoms with Crippen LogP contribution in [0.2, 0.25) is 0 Å². The van der Waals surface area contributed by atoms with E-state index >= 15 is 0 Å². The van der Waals surface area contributed by atoms with Gasteiger partial charge in [-0.1, -0.05) is 152 Å². The van der Waals surface area contributed by atoms with Gasteiger partial charge in [0.15, 0.2) is 0 Å². The molecular weight excluding hydrogens is 681 g/mol. The molecular formula is C52H32N4. The van der Waals surface area contributed by atoms with Crippen LogP contribution in [0.1, 0.15) is 0 Å². The van der Waals surface area contributed by atoms with Gasteiger partial charge in [-0.15, -0.1) is 0 Å². The maximum absolute atomic E-state index is 5.34. The fourth-order valence-corrected chi connectivity index (χ4v) is 8.98. The SMILES string of the molecule is c1ccc(-c2nc(-n3c4ccccc4c4ccc(-c5cc6c7ccccc7n(-c7ccc8ccccc8c7)c6c6ccccc56)cc43)nc3ccccc23)cc1. The average Bonchev–Trinajstić information content (AvgIpc) is 3.78. The summed E-state index contributed by atoms with van der Waals surface area (Å²) >= 11 is 0. The minimum absolute atomic E-state index is 0.657. The van der Waals surface area contributed by atoms with E-state index < -0.39 is 0 Å². The van der Waals surface area contributed by atoms with Gasteiger partial charge in [-0.05, 0) is 69.8 Å². The molecule has 0 saturated carbocycles. The number of fused-ring (bicyclic) bond motifs is 10. The van der Waals surface area contributed by atoms with Gasteiger partial charge in [-0.25, -0.2) is 9.97 Å². The van der Waals surface area contributed by atoms with E-state index in [2.05, 4.69) is 197 Å². The normalized spacial score (nSPS) is 11.9. The second-order valence-corrected chi connectivity index (χ2v) is 14.6. The van der Waals surface area contributed by atoms with Gasteiger partial charge in [0, 0.05) is 43.6 Å². The lowest BCUT2D eigenvalue weighted by Gasteiger charge is -2.14. The van der Waals surface area contributed by atoms with Crippen LogP contribution in [-0.2, 0) is 0 Å². The molecule has 0 aliphatic rings. The topological polar surface area (TPSA) is 35.6 Å². The fourth-order valence-electron chi connectivity index (χ4n) is 8.98. The van der Waals surface area contributed by atoms with E-state index in [-0.39, 0.29) is 0 Å². The van der Waals surface area contributed by atoms with Crippen LogP contribution < -0.4 is 0 Å². The molecule has 4 heteroatoms. The van der Waals surface area contributed by atoms with Crippen LogP contribution in [0.25, 0.3) is 110 Å². The van der Waals surface area contributed by atoms with Gasteiger partial charge in [0.25, 0.3) is 0 Å². The molecule has 3 aromatic heterocycles. The number of para-hydroxylation sites is 3. The Morgan fingerprint density at radius 2 is 0.964 bits per heavy atom. The molecule has 0 radical (unpaired) electrons. The Hall–Kier alpha value is -7.56. The first-order chi connectivity index (χ1) is 27.8. The van der Waals surface area contributed by atoms with Crippen molar-refractivity contribution in [2.24, 2.45) is 0 Å². The average molecular weight is 713 g/mol. The molecule has 4 nitrogen and oxygen atoms in total. The molecule has 0 fully saturated rings. The molecule has 9 aromatic carbocycles. The molecule has 0 aliphatic heterocycles. The predicted octanol–water partition coefficient (Wildman–Crippen LogP) is 13.5. The Morgan fingerprint density at radius 3 is 1.79 bits per heavy atom. The number of rotatable bonds is 4. The zero-order chi connectivity index (χ0) is 36.7. The quantitative estimate of drug-likeness (QED) is 0.182. The Labute approximate surface area is 322 Å². The van der Waals surface area contributed by atoms with Crippen LogP contribution in [0, 0.1) is 0 Å². The van der Waals surface area contributed by atoms with Crippen molar-refractivity contribution in [3.8, 4) is 34.0 Å². The smallest absolute Gasteiger partial charge is 0.235 e. The van der Waals surface area contributed by atoms with Crippen molar-refractivity contribution in [3.63, 3.8) is 0 Å². The van der Waals surface area contributed by atoms with E-state index in [1.165, 1.54) is 59.7 Å². The van der Waals surface area contributed by atoms with Gasteiger partial charge in [0.1, 0.15) is 0 Å². The van der Waals surface area contributed by atoms with Crippen molar-refractivity contribution in [1.82, 2.24) is 19.1 Å². The standard InChI is InChI=1S/C52H32N4/c1-2-15-34(16-3-1)50-43-22-8-11-23-46(43)53-52(54-50)56-48-25-13-9-19-39(48)41-29-27-36(31-49(41)56)44-32-45-40-20-10-12-24-47(40)55(51(45)42-21-7-6-18-38(42)44)37-28-26-33-14-4-5-17-35(33)30-37/h1-32H. The molecule has 0 spiro atoms. The second-order valence-electron chi connectivity index (χ2n) is 14.6. The number of hydrogen-bond acceptors (Lipinski definition) is 2. The van der Waals surface area contributed by atoms with Crippen LogP contribution in [0.5, 0.6) is 0 Å². The molecule has 0 unspecified atom stereocenters. The molecule has 0 atom stereocenters. The van der Waals surface area contributed by atoms with Gasteiger partial charge in [-0.3, -0.25) is 4.57 Å². The monoisotopic (exact) mass is 712 g/mol. The first kappa shape index (κ1) is 30.9. The molecule has 3 heterocycles. The minimum Gasteiger partial charge on any atom is -0.309 e. The van der Waals surface area contributed by atoms with E-state index in [1.54, 1.807) is 0 Å². The van der Waals surface area contributed by atoms with Crippen molar-refractivity contribution in [1.29, 1.82) is 0 Å². The molecule has 0 bridgehead atoms. The zero-order valence-electron chi connectivity index (χ0n) is 30.3. The largest absolute Gasteiger partial charge is 0.309 e. The third kappa shape index (κ3) is 4.53. The maximum atomic E-state index is 5.34. The van der Waals surface area contributed by atoms with E-state index in [0.717, 1.165) is 44.4 Å². The highest BCUT2D eigenvalue weighted by atomic mass is 15.2. The van der Waals surface area contributed by atoms with Crippen molar-refractivity contribution in [2.75, 3.05) is 0 Å². The molecule has 260 valence electrons. The van der Waals surface area contributed by atoms with Crippen molar-refractivity contribution >= 4 is 76.1 Å². The lowest BCUT2D eigenvalue weighted by Crippen LogP contribution is -2.03. The van der Waals surface area contributed by atoms with E-state index in [1.807, 2.05) is 6.07 Å². The third-order valence-electron chi connectivity index (χ3n) is 11.5. The van der Waals surface area contributed by atoms with E-state index in [0.29, 0.717) is 5.95 Å². The first-order valence-electron chi connectivity index (χ1n) is 19.1. The molecule has 0 aliphatic carbocycles. The van der Waals surface area contributed by atoms with E-state index in [9.17, 15) is 0 Å². The van der Waals surface area contributed by atoms with Crippen LogP contribution >= 0.6 is 0 Å². The lowest BCUT2D eigenvalue weighted by atomic mass is 9.94. The summed E-state index contributed by atoms with van der Waals surface area (Å²) in [5.74, 6) is 0.657. The molecule has 12 aromatic rings. The summed E-state index contributed by atoms with van der Waals surface area (Å²) in [6.45, 7) is 0. The highest BCUT2D eigenvalue weighted by molar-refractivity contribution is 6.22. The van der Waals surface area contributed by atoms with E-state index in [4.69, 9.17) is 9.97 Å². The van der Waals surface area contributed by atoms with Crippen LogP contribution in [0.3, 0.4) is 0 Å². The molecule has 12 rings (SSSR count). The Morgan fingerprint density at radius 1 is 0.339 bits per heavy atom. The Kier molecular flexibility index (Phi) is 6.60. The van der Waals surface area contributed by atoms with Gasteiger partial charge in [0.2, 0.25) is 5.95 Å². The molecule has 56 heavy (non-hydrogen) atoms. The summed E-state index contributed by atoms with van der Waals surface area (Å²) in [6.07, 6.45) is 0. The number of benzene rings is 9. The Bertz CT molecular complexity index is 3540. The number of nitrogens with zero attached hydrogens (tertiary/aromatic N) is 4. The number of hydrogen-bond donors (Lipinski definition) is 0. The van der Waals surface area contributed by atoms with Gasteiger partial charge in [-0.2, -0.15) is 0 Å². The first-order valence-corrected chi connectivity index (χ1v) is 19.1. The summed E-state index contributed by atoms with van der Waals surface area (Å²) in [5.41, 5.74) is 11.0. The van der Waals surface area contributed by atoms with Gasteiger partial charge in [0.05, 0.1) is 33.3 Å². The minimum atomic E-state index is 0.657.